The maximum Gasteiger partial charge on any atom is 0.325 e. The van der Waals surface area contributed by atoms with Crippen LogP contribution in [0.2, 0.25) is 0 Å². The Morgan fingerprint density at radius 3 is 2.52 bits per heavy atom. The summed E-state index contributed by atoms with van der Waals surface area (Å²) < 4.78 is 15.7. The van der Waals surface area contributed by atoms with Crippen LogP contribution in [0.4, 0.5) is 10.5 Å². The van der Waals surface area contributed by atoms with E-state index in [1.54, 1.807) is 24.3 Å². The lowest BCUT2D eigenvalue weighted by Crippen LogP contribution is -2.37. The second-order valence-electron chi connectivity index (χ2n) is 7.78. The fraction of sp³-hybridized carbons (Fsp3) is 0.333. The first kappa shape index (κ1) is 22.3. The minimum absolute atomic E-state index is 0.0101. The van der Waals surface area contributed by atoms with Gasteiger partial charge in [0.1, 0.15) is 13.2 Å². The number of Topliss-reactive ketones (excluding diaryl/α,β-unsaturated/α-hetero) is 1. The largest absolute Gasteiger partial charge is 0.486 e. The summed E-state index contributed by atoms with van der Waals surface area (Å²) in [6, 6.07) is 9.70. The molecule has 2 aromatic carbocycles. The number of ketones is 1. The van der Waals surface area contributed by atoms with Crippen molar-refractivity contribution in [3.8, 4) is 11.5 Å². The van der Waals surface area contributed by atoms with Gasteiger partial charge in [-0.25, -0.2) is 4.79 Å². The lowest BCUT2D eigenvalue weighted by atomic mass is 10.0. The molecule has 0 bridgehead atoms. The van der Waals surface area contributed by atoms with Gasteiger partial charge in [0.2, 0.25) is 0 Å². The average molecular weight is 452 g/mol. The monoisotopic (exact) mass is 452 g/mol. The number of carbonyl (C=O) groups excluding carboxylic acids is 4. The highest BCUT2D eigenvalue weighted by Crippen LogP contribution is 2.32. The lowest BCUT2D eigenvalue weighted by Gasteiger charge is -2.19. The van der Waals surface area contributed by atoms with Crippen molar-refractivity contribution in [3.05, 3.63) is 53.1 Å². The number of aryl methyl sites for hydroxylation is 2. The summed E-state index contributed by atoms with van der Waals surface area (Å²) in [4.78, 5) is 48.1. The Morgan fingerprint density at radius 2 is 1.67 bits per heavy atom. The van der Waals surface area contributed by atoms with Gasteiger partial charge in [-0.1, -0.05) is 12.1 Å². The van der Waals surface area contributed by atoms with Crippen LogP contribution in [0.3, 0.4) is 0 Å². The quantitative estimate of drug-likeness (QED) is 0.490. The maximum atomic E-state index is 12.3. The predicted octanol–water partition coefficient (Wildman–Crippen LogP) is 2.80. The molecule has 2 aliphatic rings. The van der Waals surface area contributed by atoms with Crippen molar-refractivity contribution >= 4 is 29.4 Å². The van der Waals surface area contributed by atoms with E-state index in [9.17, 15) is 19.2 Å². The van der Waals surface area contributed by atoms with E-state index in [0.29, 0.717) is 36.0 Å². The third-order valence-corrected chi connectivity index (χ3v) is 5.39. The molecule has 3 amide bonds. The van der Waals surface area contributed by atoms with Gasteiger partial charge in [0.05, 0.1) is 6.42 Å². The average Bonchev–Trinajstić information content (AvgIpc) is 3.29. The van der Waals surface area contributed by atoms with Crippen LogP contribution in [-0.4, -0.2) is 43.5 Å². The molecule has 0 atom stereocenters. The number of amides is 3. The number of benzene rings is 2. The SMILES string of the molecule is O=C(COC(=O)CCC(=O)c1ccc2c(c1)CCC2)NC(=O)Nc1ccc2c(c1)OCCO2. The van der Waals surface area contributed by atoms with Gasteiger partial charge in [0.15, 0.2) is 23.9 Å². The highest BCUT2D eigenvalue weighted by molar-refractivity contribution is 6.02. The topological polar surface area (TPSA) is 120 Å². The normalized spacial score (nSPS) is 13.6. The molecular formula is C24H24N2O7. The minimum Gasteiger partial charge on any atom is -0.486 e. The third kappa shape index (κ3) is 5.88. The van der Waals surface area contributed by atoms with Gasteiger partial charge in [-0.05, 0) is 48.6 Å². The molecule has 0 radical (unpaired) electrons. The summed E-state index contributed by atoms with van der Waals surface area (Å²) in [6.45, 7) is 0.238. The number of rotatable bonds is 7. The number of ether oxygens (including phenoxy) is 3. The van der Waals surface area contributed by atoms with Gasteiger partial charge >= 0.3 is 12.0 Å². The molecular weight excluding hydrogens is 428 g/mol. The first-order chi connectivity index (χ1) is 16.0. The van der Waals surface area contributed by atoms with Crippen LogP contribution in [0.5, 0.6) is 11.5 Å². The summed E-state index contributed by atoms with van der Waals surface area (Å²) in [5.74, 6) is -0.557. The Hall–Kier alpha value is -3.88. The van der Waals surface area contributed by atoms with Crippen molar-refractivity contribution in [1.29, 1.82) is 0 Å². The molecule has 1 aliphatic carbocycles. The molecule has 2 aromatic rings. The molecule has 0 saturated heterocycles. The van der Waals surface area contributed by atoms with E-state index in [4.69, 9.17) is 14.2 Å². The molecule has 9 nitrogen and oxygen atoms in total. The molecule has 0 unspecified atom stereocenters. The molecule has 0 fully saturated rings. The summed E-state index contributed by atoms with van der Waals surface area (Å²) >= 11 is 0. The Labute approximate surface area is 190 Å². The zero-order chi connectivity index (χ0) is 23.2. The number of hydrogen-bond acceptors (Lipinski definition) is 7. The van der Waals surface area contributed by atoms with E-state index in [0.717, 1.165) is 19.3 Å². The van der Waals surface area contributed by atoms with Crippen LogP contribution in [0, 0.1) is 0 Å². The molecule has 1 heterocycles. The van der Waals surface area contributed by atoms with Crippen LogP contribution in [0.1, 0.15) is 40.7 Å². The van der Waals surface area contributed by atoms with Crippen molar-refractivity contribution in [1.82, 2.24) is 5.32 Å². The molecule has 0 saturated carbocycles. The number of esters is 1. The number of carbonyl (C=O) groups is 4. The first-order valence-corrected chi connectivity index (χ1v) is 10.8. The van der Waals surface area contributed by atoms with E-state index in [1.807, 2.05) is 12.1 Å². The number of fused-ring (bicyclic) bond motifs is 2. The predicted molar refractivity (Wildman–Crippen MR) is 118 cm³/mol. The number of nitrogens with one attached hydrogen (secondary N) is 2. The van der Waals surface area contributed by atoms with Crippen molar-refractivity contribution in [2.45, 2.75) is 32.1 Å². The molecule has 4 rings (SSSR count). The lowest BCUT2D eigenvalue weighted by molar-refractivity contribution is -0.148. The van der Waals surface area contributed by atoms with Crippen LogP contribution >= 0.6 is 0 Å². The first-order valence-electron chi connectivity index (χ1n) is 10.8. The molecule has 0 spiro atoms. The van der Waals surface area contributed by atoms with Crippen molar-refractivity contribution in [2.75, 3.05) is 25.1 Å². The smallest absolute Gasteiger partial charge is 0.325 e. The van der Waals surface area contributed by atoms with E-state index in [1.165, 1.54) is 11.1 Å². The highest BCUT2D eigenvalue weighted by Gasteiger charge is 2.17. The van der Waals surface area contributed by atoms with Gasteiger partial charge in [0.25, 0.3) is 5.91 Å². The Bertz CT molecular complexity index is 1100. The summed E-state index contributed by atoms with van der Waals surface area (Å²) in [6.07, 6.45) is 2.94. The summed E-state index contributed by atoms with van der Waals surface area (Å²) in [7, 11) is 0. The number of imide groups is 1. The van der Waals surface area contributed by atoms with Gasteiger partial charge in [0, 0.05) is 23.7 Å². The van der Waals surface area contributed by atoms with Crippen LogP contribution in [0.25, 0.3) is 0 Å². The van der Waals surface area contributed by atoms with Crippen molar-refractivity contribution in [2.24, 2.45) is 0 Å². The van der Waals surface area contributed by atoms with E-state index >= 15 is 0 Å². The van der Waals surface area contributed by atoms with Gasteiger partial charge in [-0.2, -0.15) is 0 Å². The maximum absolute atomic E-state index is 12.3. The van der Waals surface area contributed by atoms with E-state index in [-0.39, 0.29) is 18.6 Å². The Morgan fingerprint density at radius 1 is 0.879 bits per heavy atom. The standard InChI is InChI=1S/C24H24N2O7/c27-19(17-5-4-15-2-1-3-16(15)12-17)7-9-23(29)33-14-22(28)26-24(30)25-18-6-8-20-21(13-18)32-11-10-31-20/h4-6,8,12-13H,1-3,7,9-11,14H2,(H2,25,26,28,30). The Kier molecular flexibility index (Phi) is 6.87. The molecule has 33 heavy (non-hydrogen) atoms. The van der Waals surface area contributed by atoms with E-state index < -0.39 is 24.5 Å². The van der Waals surface area contributed by atoms with Crippen LogP contribution < -0.4 is 20.1 Å². The van der Waals surface area contributed by atoms with Crippen molar-refractivity contribution < 1.29 is 33.4 Å². The van der Waals surface area contributed by atoms with Gasteiger partial charge < -0.3 is 19.5 Å². The number of hydrogen-bond donors (Lipinski definition) is 2. The fourth-order valence-corrected chi connectivity index (χ4v) is 3.77. The Balaban J connectivity index is 1.16. The number of urea groups is 1. The third-order valence-electron chi connectivity index (χ3n) is 5.39. The summed E-state index contributed by atoms with van der Waals surface area (Å²) in [5.41, 5.74) is 3.45. The molecule has 0 aromatic heterocycles. The van der Waals surface area contributed by atoms with Gasteiger partial charge in [-0.3, -0.25) is 19.7 Å². The van der Waals surface area contributed by atoms with Crippen molar-refractivity contribution in [3.63, 3.8) is 0 Å². The van der Waals surface area contributed by atoms with Gasteiger partial charge in [-0.15, -0.1) is 0 Å². The fourth-order valence-electron chi connectivity index (χ4n) is 3.77. The zero-order valence-electron chi connectivity index (χ0n) is 18.0. The molecule has 2 N–H and O–H groups in total. The molecule has 1 aliphatic heterocycles. The second-order valence-corrected chi connectivity index (χ2v) is 7.78. The molecule has 9 heteroatoms. The van der Waals surface area contributed by atoms with E-state index in [2.05, 4.69) is 10.6 Å². The number of anilines is 1. The second kappa shape index (κ2) is 10.2. The van der Waals surface area contributed by atoms with Crippen LogP contribution in [-0.2, 0) is 27.2 Å². The molecule has 172 valence electrons. The highest BCUT2D eigenvalue weighted by atomic mass is 16.6. The van der Waals surface area contributed by atoms with Crippen LogP contribution in [0.15, 0.2) is 36.4 Å². The minimum atomic E-state index is -0.789. The zero-order valence-corrected chi connectivity index (χ0v) is 18.0. The summed E-state index contributed by atoms with van der Waals surface area (Å²) in [5, 5.41) is 4.57.